The fourth-order valence-electron chi connectivity index (χ4n) is 1.24. The van der Waals surface area contributed by atoms with Crippen LogP contribution in [-0.4, -0.2) is 17.8 Å². The smallest absolute Gasteiger partial charge is 0.0636 e. The zero-order chi connectivity index (χ0) is 10.6. The van der Waals surface area contributed by atoms with Crippen LogP contribution in [0.3, 0.4) is 0 Å². The Morgan fingerprint density at radius 2 is 2.21 bits per heavy atom. The third-order valence-electron chi connectivity index (χ3n) is 1.99. The van der Waals surface area contributed by atoms with E-state index in [-0.39, 0.29) is 6.10 Å². The lowest BCUT2D eigenvalue weighted by Crippen LogP contribution is -2.23. The van der Waals surface area contributed by atoms with Gasteiger partial charge in [0.25, 0.3) is 0 Å². The van der Waals surface area contributed by atoms with E-state index in [1.165, 1.54) is 11.1 Å². The molecule has 78 valence electrons. The average molecular weight is 258 g/mol. The Hall–Kier alpha value is -0.380. The van der Waals surface area contributed by atoms with Crippen LogP contribution in [0.5, 0.6) is 0 Å². The van der Waals surface area contributed by atoms with Gasteiger partial charge in [-0.15, -0.1) is 0 Å². The summed E-state index contributed by atoms with van der Waals surface area (Å²) in [5, 5.41) is 12.2. The van der Waals surface area contributed by atoms with Crippen molar-refractivity contribution in [2.75, 3.05) is 6.54 Å². The second kappa shape index (κ2) is 5.49. The highest BCUT2D eigenvalue weighted by molar-refractivity contribution is 9.10. The van der Waals surface area contributed by atoms with Crippen molar-refractivity contribution in [2.24, 2.45) is 0 Å². The van der Waals surface area contributed by atoms with Gasteiger partial charge in [-0.2, -0.15) is 0 Å². The van der Waals surface area contributed by atoms with Crippen molar-refractivity contribution in [1.82, 2.24) is 5.32 Å². The van der Waals surface area contributed by atoms with Gasteiger partial charge in [-0.3, -0.25) is 0 Å². The SMILES string of the molecule is Cc1cc(CNC[C@@H](C)O)ccc1Br. The molecule has 0 fully saturated rings. The van der Waals surface area contributed by atoms with Gasteiger partial charge in [-0.05, 0) is 31.0 Å². The number of halogens is 1. The number of hydrogen-bond donors (Lipinski definition) is 2. The Labute approximate surface area is 93.5 Å². The molecule has 0 aliphatic carbocycles. The van der Waals surface area contributed by atoms with E-state index in [2.05, 4.69) is 46.4 Å². The second-order valence-corrected chi connectivity index (χ2v) is 4.42. The first-order valence-corrected chi connectivity index (χ1v) is 5.52. The Balaban J connectivity index is 2.47. The highest BCUT2D eigenvalue weighted by Gasteiger charge is 1.98. The molecule has 0 amide bonds. The minimum Gasteiger partial charge on any atom is -0.392 e. The van der Waals surface area contributed by atoms with E-state index in [1.807, 2.05) is 0 Å². The maximum atomic E-state index is 9.06. The number of benzene rings is 1. The molecule has 1 aromatic rings. The molecule has 1 rings (SSSR count). The lowest BCUT2D eigenvalue weighted by molar-refractivity contribution is 0.191. The summed E-state index contributed by atoms with van der Waals surface area (Å²) in [7, 11) is 0. The van der Waals surface area contributed by atoms with Gasteiger partial charge >= 0.3 is 0 Å². The fraction of sp³-hybridized carbons (Fsp3) is 0.455. The van der Waals surface area contributed by atoms with Crippen molar-refractivity contribution in [1.29, 1.82) is 0 Å². The van der Waals surface area contributed by atoms with Crippen LogP contribution in [-0.2, 0) is 6.54 Å². The quantitative estimate of drug-likeness (QED) is 0.868. The van der Waals surface area contributed by atoms with Crippen LogP contribution < -0.4 is 5.32 Å². The third kappa shape index (κ3) is 3.78. The molecular weight excluding hydrogens is 242 g/mol. The summed E-state index contributed by atoms with van der Waals surface area (Å²) in [6.45, 7) is 5.29. The Bertz CT molecular complexity index is 299. The molecule has 2 N–H and O–H groups in total. The van der Waals surface area contributed by atoms with Crippen molar-refractivity contribution < 1.29 is 5.11 Å². The van der Waals surface area contributed by atoms with Crippen LogP contribution in [0.1, 0.15) is 18.1 Å². The molecule has 1 aromatic carbocycles. The number of rotatable bonds is 4. The molecular formula is C11H16BrNO. The molecule has 0 aliphatic rings. The Morgan fingerprint density at radius 3 is 2.79 bits per heavy atom. The molecule has 0 aliphatic heterocycles. The first-order valence-electron chi connectivity index (χ1n) is 4.73. The molecule has 0 bridgehead atoms. The molecule has 0 aromatic heterocycles. The minimum absolute atomic E-state index is 0.286. The van der Waals surface area contributed by atoms with E-state index in [4.69, 9.17) is 5.11 Å². The van der Waals surface area contributed by atoms with Crippen molar-refractivity contribution >= 4 is 15.9 Å². The first-order chi connectivity index (χ1) is 6.59. The van der Waals surface area contributed by atoms with Crippen molar-refractivity contribution in [3.8, 4) is 0 Å². The summed E-state index contributed by atoms with van der Waals surface area (Å²) in [5.74, 6) is 0. The van der Waals surface area contributed by atoms with Crippen molar-refractivity contribution in [2.45, 2.75) is 26.5 Å². The summed E-state index contributed by atoms with van der Waals surface area (Å²) in [6, 6.07) is 6.26. The topological polar surface area (TPSA) is 32.3 Å². The van der Waals surface area contributed by atoms with Gasteiger partial charge in [0.05, 0.1) is 6.10 Å². The number of hydrogen-bond acceptors (Lipinski definition) is 2. The zero-order valence-electron chi connectivity index (χ0n) is 8.55. The predicted molar refractivity (Wildman–Crippen MR) is 62.3 cm³/mol. The van der Waals surface area contributed by atoms with E-state index in [0.29, 0.717) is 6.54 Å². The van der Waals surface area contributed by atoms with Crippen molar-refractivity contribution in [3.05, 3.63) is 33.8 Å². The first kappa shape index (κ1) is 11.7. The molecule has 0 radical (unpaired) electrons. The van der Waals surface area contributed by atoms with Crippen LogP contribution in [0.2, 0.25) is 0 Å². The highest BCUT2D eigenvalue weighted by Crippen LogP contribution is 2.16. The van der Waals surface area contributed by atoms with E-state index >= 15 is 0 Å². The predicted octanol–water partition coefficient (Wildman–Crippen LogP) is 2.23. The van der Waals surface area contributed by atoms with Crippen LogP contribution in [0.15, 0.2) is 22.7 Å². The van der Waals surface area contributed by atoms with Gasteiger partial charge in [0.1, 0.15) is 0 Å². The fourth-order valence-corrected chi connectivity index (χ4v) is 1.49. The lowest BCUT2D eigenvalue weighted by atomic mass is 10.1. The van der Waals surface area contributed by atoms with E-state index < -0.39 is 0 Å². The van der Waals surface area contributed by atoms with Gasteiger partial charge in [-0.25, -0.2) is 0 Å². The van der Waals surface area contributed by atoms with Crippen LogP contribution >= 0.6 is 15.9 Å². The summed E-state index contributed by atoms with van der Waals surface area (Å²) in [4.78, 5) is 0. The summed E-state index contributed by atoms with van der Waals surface area (Å²) < 4.78 is 1.14. The van der Waals surface area contributed by atoms with Crippen LogP contribution in [0.4, 0.5) is 0 Å². The highest BCUT2D eigenvalue weighted by atomic mass is 79.9. The average Bonchev–Trinajstić information content (AvgIpc) is 2.10. The largest absolute Gasteiger partial charge is 0.392 e. The van der Waals surface area contributed by atoms with Gasteiger partial charge in [0, 0.05) is 17.6 Å². The molecule has 0 unspecified atom stereocenters. The molecule has 0 spiro atoms. The molecule has 0 saturated heterocycles. The summed E-state index contributed by atoms with van der Waals surface area (Å²) in [5.41, 5.74) is 2.48. The maximum Gasteiger partial charge on any atom is 0.0636 e. The van der Waals surface area contributed by atoms with E-state index in [1.54, 1.807) is 6.92 Å². The normalized spacial score (nSPS) is 12.9. The van der Waals surface area contributed by atoms with E-state index in [0.717, 1.165) is 11.0 Å². The number of nitrogens with one attached hydrogen (secondary N) is 1. The lowest BCUT2D eigenvalue weighted by Gasteiger charge is -2.08. The Kier molecular flexibility index (Phi) is 4.58. The third-order valence-corrected chi connectivity index (χ3v) is 2.88. The summed E-state index contributed by atoms with van der Waals surface area (Å²) in [6.07, 6.45) is -0.286. The zero-order valence-corrected chi connectivity index (χ0v) is 10.1. The number of aliphatic hydroxyl groups excluding tert-OH is 1. The van der Waals surface area contributed by atoms with Gasteiger partial charge in [0.15, 0.2) is 0 Å². The second-order valence-electron chi connectivity index (χ2n) is 3.56. The monoisotopic (exact) mass is 257 g/mol. The van der Waals surface area contributed by atoms with Crippen LogP contribution in [0, 0.1) is 6.92 Å². The molecule has 14 heavy (non-hydrogen) atoms. The molecule has 0 saturated carbocycles. The van der Waals surface area contributed by atoms with Gasteiger partial charge < -0.3 is 10.4 Å². The molecule has 1 atom stereocenters. The molecule has 0 heterocycles. The Morgan fingerprint density at radius 1 is 1.50 bits per heavy atom. The molecule has 3 heteroatoms. The van der Waals surface area contributed by atoms with Gasteiger partial charge in [0.2, 0.25) is 0 Å². The molecule has 2 nitrogen and oxygen atoms in total. The standard InChI is InChI=1S/C11H16BrNO/c1-8-5-10(3-4-11(8)12)7-13-6-9(2)14/h3-5,9,13-14H,6-7H2,1-2H3/t9-/m1/s1. The van der Waals surface area contributed by atoms with Crippen molar-refractivity contribution in [3.63, 3.8) is 0 Å². The minimum atomic E-state index is -0.286. The number of aliphatic hydroxyl groups is 1. The van der Waals surface area contributed by atoms with Gasteiger partial charge in [-0.1, -0.05) is 28.1 Å². The maximum absolute atomic E-state index is 9.06. The summed E-state index contributed by atoms with van der Waals surface area (Å²) >= 11 is 3.46. The number of aryl methyl sites for hydroxylation is 1. The van der Waals surface area contributed by atoms with E-state index in [9.17, 15) is 0 Å². The van der Waals surface area contributed by atoms with Crippen LogP contribution in [0.25, 0.3) is 0 Å².